The SMILES string of the molecule is CN(C)c1cccc(OCCOCC(=O)c2ccccc2O)c1. The van der Waals surface area contributed by atoms with E-state index in [0.717, 1.165) is 11.4 Å². The van der Waals surface area contributed by atoms with Crippen molar-refractivity contribution in [1.29, 1.82) is 0 Å². The fourth-order valence-corrected chi connectivity index (χ4v) is 2.02. The number of carbonyl (C=O) groups excluding carboxylic acids is 1. The monoisotopic (exact) mass is 315 g/mol. The van der Waals surface area contributed by atoms with Crippen LogP contribution < -0.4 is 9.64 Å². The number of phenols is 1. The van der Waals surface area contributed by atoms with Gasteiger partial charge in [0.25, 0.3) is 0 Å². The molecule has 0 heterocycles. The molecule has 2 aromatic carbocycles. The van der Waals surface area contributed by atoms with E-state index in [-0.39, 0.29) is 23.7 Å². The molecule has 2 rings (SSSR count). The van der Waals surface area contributed by atoms with E-state index in [1.54, 1.807) is 18.2 Å². The first-order chi connectivity index (χ1) is 11.1. The Kier molecular flexibility index (Phi) is 6.00. The van der Waals surface area contributed by atoms with Crippen LogP contribution in [-0.2, 0) is 4.74 Å². The van der Waals surface area contributed by atoms with E-state index in [2.05, 4.69) is 0 Å². The molecule has 0 aromatic heterocycles. The van der Waals surface area contributed by atoms with Gasteiger partial charge in [-0.1, -0.05) is 18.2 Å². The molecule has 0 atom stereocenters. The van der Waals surface area contributed by atoms with Crippen LogP contribution in [-0.4, -0.2) is 44.8 Å². The lowest BCUT2D eigenvalue weighted by Crippen LogP contribution is -2.14. The number of hydrogen-bond donors (Lipinski definition) is 1. The molecule has 0 amide bonds. The summed E-state index contributed by atoms with van der Waals surface area (Å²) in [6.45, 7) is 0.565. The van der Waals surface area contributed by atoms with Crippen molar-refractivity contribution in [2.45, 2.75) is 0 Å². The van der Waals surface area contributed by atoms with Crippen molar-refractivity contribution in [3.8, 4) is 11.5 Å². The molecule has 23 heavy (non-hydrogen) atoms. The fourth-order valence-electron chi connectivity index (χ4n) is 2.02. The number of phenolic OH excluding ortho intramolecular Hbond substituents is 1. The maximum Gasteiger partial charge on any atom is 0.192 e. The molecule has 0 radical (unpaired) electrons. The summed E-state index contributed by atoms with van der Waals surface area (Å²) in [5.41, 5.74) is 1.32. The van der Waals surface area contributed by atoms with Crippen LogP contribution in [0.5, 0.6) is 11.5 Å². The number of para-hydroxylation sites is 1. The number of Topliss-reactive ketones (excluding diaryl/α,β-unsaturated/α-hetero) is 1. The number of nitrogens with zero attached hydrogens (tertiary/aromatic N) is 1. The molecule has 5 heteroatoms. The second-order valence-electron chi connectivity index (χ2n) is 5.23. The summed E-state index contributed by atoms with van der Waals surface area (Å²) in [6, 6.07) is 14.2. The standard InChI is InChI=1S/C18H21NO4/c1-19(2)14-6-5-7-15(12-14)23-11-10-22-13-18(21)16-8-3-4-9-17(16)20/h3-9,12,20H,10-11,13H2,1-2H3. The highest BCUT2D eigenvalue weighted by molar-refractivity contribution is 5.99. The second kappa shape index (κ2) is 8.19. The molecule has 2 aromatic rings. The lowest BCUT2D eigenvalue weighted by molar-refractivity contribution is 0.0686. The maximum absolute atomic E-state index is 11.9. The van der Waals surface area contributed by atoms with Crippen molar-refractivity contribution < 1.29 is 19.4 Å². The Labute approximate surface area is 136 Å². The summed E-state index contributed by atoms with van der Waals surface area (Å²) in [4.78, 5) is 13.9. The summed E-state index contributed by atoms with van der Waals surface area (Å²) in [7, 11) is 3.93. The molecule has 0 aliphatic carbocycles. The van der Waals surface area contributed by atoms with E-state index in [9.17, 15) is 9.90 Å². The Balaban J connectivity index is 1.73. The first-order valence-corrected chi connectivity index (χ1v) is 7.37. The molecule has 122 valence electrons. The summed E-state index contributed by atoms with van der Waals surface area (Å²) in [5.74, 6) is 0.474. The van der Waals surface area contributed by atoms with Crippen molar-refractivity contribution in [3.05, 3.63) is 54.1 Å². The van der Waals surface area contributed by atoms with Gasteiger partial charge in [-0.3, -0.25) is 4.79 Å². The summed E-state index contributed by atoms with van der Waals surface area (Å²) >= 11 is 0. The van der Waals surface area contributed by atoms with Gasteiger partial charge in [0.05, 0.1) is 12.2 Å². The predicted octanol–water partition coefficient (Wildman–Crippen LogP) is 2.74. The highest BCUT2D eigenvalue weighted by atomic mass is 16.5. The molecule has 0 saturated carbocycles. The maximum atomic E-state index is 11.9. The lowest BCUT2D eigenvalue weighted by atomic mass is 10.1. The number of aromatic hydroxyl groups is 1. The van der Waals surface area contributed by atoms with Crippen LogP contribution >= 0.6 is 0 Å². The van der Waals surface area contributed by atoms with Crippen molar-refractivity contribution in [1.82, 2.24) is 0 Å². The van der Waals surface area contributed by atoms with Gasteiger partial charge in [0.15, 0.2) is 5.78 Å². The van der Waals surface area contributed by atoms with Gasteiger partial charge in [0.2, 0.25) is 0 Å². The van der Waals surface area contributed by atoms with Crippen LogP contribution in [0.25, 0.3) is 0 Å². The number of ketones is 1. The molecular weight excluding hydrogens is 294 g/mol. The molecular formula is C18H21NO4. The van der Waals surface area contributed by atoms with Crippen LogP contribution in [0.15, 0.2) is 48.5 Å². The molecule has 0 bridgehead atoms. The van der Waals surface area contributed by atoms with Gasteiger partial charge in [-0.15, -0.1) is 0 Å². The number of benzene rings is 2. The van der Waals surface area contributed by atoms with Crippen LogP contribution in [0, 0.1) is 0 Å². The zero-order valence-corrected chi connectivity index (χ0v) is 13.4. The van der Waals surface area contributed by atoms with E-state index < -0.39 is 0 Å². The fraction of sp³-hybridized carbons (Fsp3) is 0.278. The molecule has 0 spiro atoms. The number of carbonyl (C=O) groups is 1. The van der Waals surface area contributed by atoms with Crippen LogP contribution in [0.3, 0.4) is 0 Å². The third-order valence-electron chi connectivity index (χ3n) is 3.27. The molecule has 0 aliphatic rings. The second-order valence-corrected chi connectivity index (χ2v) is 5.23. The number of hydrogen-bond acceptors (Lipinski definition) is 5. The molecule has 1 N–H and O–H groups in total. The van der Waals surface area contributed by atoms with Crippen LogP contribution in [0.4, 0.5) is 5.69 Å². The van der Waals surface area contributed by atoms with Crippen LogP contribution in [0.2, 0.25) is 0 Å². The summed E-state index contributed by atoms with van der Waals surface area (Å²) in [6.07, 6.45) is 0. The van der Waals surface area contributed by atoms with Gasteiger partial charge in [-0.05, 0) is 24.3 Å². The summed E-state index contributed by atoms with van der Waals surface area (Å²) in [5, 5.41) is 9.60. The van der Waals surface area contributed by atoms with Crippen molar-refractivity contribution in [3.63, 3.8) is 0 Å². The van der Waals surface area contributed by atoms with Gasteiger partial charge < -0.3 is 19.5 Å². The topological polar surface area (TPSA) is 59.0 Å². The van der Waals surface area contributed by atoms with Crippen molar-refractivity contribution in [2.24, 2.45) is 0 Å². The molecule has 0 aliphatic heterocycles. The highest BCUT2D eigenvalue weighted by Gasteiger charge is 2.10. The Morgan fingerprint density at radius 1 is 1.09 bits per heavy atom. The Hall–Kier alpha value is -2.53. The normalized spacial score (nSPS) is 10.3. The minimum atomic E-state index is -0.252. The minimum Gasteiger partial charge on any atom is -0.507 e. The quantitative estimate of drug-likeness (QED) is 0.599. The molecule has 0 saturated heterocycles. The third kappa shape index (κ3) is 5.00. The van der Waals surface area contributed by atoms with Gasteiger partial charge in [0, 0.05) is 25.8 Å². The molecule has 0 fully saturated rings. The van der Waals surface area contributed by atoms with Crippen LogP contribution in [0.1, 0.15) is 10.4 Å². The third-order valence-corrected chi connectivity index (χ3v) is 3.27. The van der Waals surface area contributed by atoms with Gasteiger partial charge in [0.1, 0.15) is 24.7 Å². The Morgan fingerprint density at radius 2 is 1.87 bits per heavy atom. The Morgan fingerprint density at radius 3 is 2.61 bits per heavy atom. The average molecular weight is 315 g/mol. The van der Waals surface area contributed by atoms with Gasteiger partial charge >= 0.3 is 0 Å². The first-order valence-electron chi connectivity index (χ1n) is 7.37. The number of anilines is 1. The van der Waals surface area contributed by atoms with E-state index in [0.29, 0.717) is 13.2 Å². The largest absolute Gasteiger partial charge is 0.507 e. The van der Waals surface area contributed by atoms with E-state index >= 15 is 0 Å². The highest BCUT2D eigenvalue weighted by Crippen LogP contribution is 2.19. The Bertz CT molecular complexity index is 655. The van der Waals surface area contributed by atoms with E-state index in [1.807, 2.05) is 43.3 Å². The lowest BCUT2D eigenvalue weighted by Gasteiger charge is -2.14. The van der Waals surface area contributed by atoms with E-state index in [4.69, 9.17) is 9.47 Å². The smallest absolute Gasteiger partial charge is 0.192 e. The zero-order chi connectivity index (χ0) is 16.7. The van der Waals surface area contributed by atoms with Crippen molar-refractivity contribution in [2.75, 3.05) is 38.8 Å². The average Bonchev–Trinajstić information content (AvgIpc) is 2.55. The summed E-state index contributed by atoms with van der Waals surface area (Å²) < 4.78 is 10.9. The molecule has 0 unspecified atom stereocenters. The number of rotatable bonds is 8. The van der Waals surface area contributed by atoms with E-state index in [1.165, 1.54) is 6.07 Å². The van der Waals surface area contributed by atoms with Gasteiger partial charge in [-0.2, -0.15) is 0 Å². The van der Waals surface area contributed by atoms with Gasteiger partial charge in [-0.25, -0.2) is 0 Å². The molecule has 5 nitrogen and oxygen atoms in total. The number of ether oxygens (including phenoxy) is 2. The van der Waals surface area contributed by atoms with Crippen molar-refractivity contribution >= 4 is 11.5 Å². The first kappa shape index (κ1) is 16.8. The predicted molar refractivity (Wildman–Crippen MR) is 89.5 cm³/mol. The minimum absolute atomic E-state index is 0.0298. The zero-order valence-electron chi connectivity index (χ0n) is 13.4.